The van der Waals surface area contributed by atoms with E-state index in [4.69, 9.17) is 9.72 Å². The van der Waals surface area contributed by atoms with Gasteiger partial charge in [-0.3, -0.25) is 4.90 Å². The van der Waals surface area contributed by atoms with Gasteiger partial charge in [-0.15, -0.1) is 0 Å². The first-order valence-corrected chi connectivity index (χ1v) is 9.88. The van der Waals surface area contributed by atoms with Crippen LogP contribution in [0.15, 0.2) is 55.2 Å². The Balaban J connectivity index is 1.56. The molecule has 1 aliphatic rings. The van der Waals surface area contributed by atoms with E-state index in [1.807, 2.05) is 25.2 Å². The zero-order valence-corrected chi connectivity index (χ0v) is 16.9. The second-order valence-corrected chi connectivity index (χ2v) is 7.39. The molecule has 3 heterocycles. The lowest BCUT2D eigenvalue weighted by molar-refractivity contribution is -0.0313. The van der Waals surface area contributed by atoms with Gasteiger partial charge in [-0.05, 0) is 12.0 Å². The first-order chi connectivity index (χ1) is 14.2. The lowest BCUT2D eigenvalue weighted by Gasteiger charge is -2.33. The molecule has 0 N–H and O–H groups in total. The molecule has 4 rings (SSSR count). The van der Waals surface area contributed by atoms with Crippen LogP contribution in [-0.2, 0) is 11.2 Å². The van der Waals surface area contributed by atoms with Gasteiger partial charge in [0.15, 0.2) is 0 Å². The lowest BCUT2D eigenvalue weighted by Crippen LogP contribution is -2.40. The summed E-state index contributed by atoms with van der Waals surface area (Å²) in [6.45, 7) is 3.42. The minimum atomic E-state index is -0.114. The molecule has 2 aromatic heterocycles. The number of anilines is 1. The van der Waals surface area contributed by atoms with Crippen LogP contribution in [0.3, 0.4) is 0 Å². The van der Waals surface area contributed by atoms with Gasteiger partial charge in [-0.2, -0.15) is 0 Å². The molecule has 7 heteroatoms. The van der Waals surface area contributed by atoms with E-state index in [1.165, 1.54) is 11.9 Å². The van der Waals surface area contributed by atoms with Gasteiger partial charge in [-0.25, -0.2) is 19.9 Å². The van der Waals surface area contributed by atoms with Gasteiger partial charge in [0, 0.05) is 63.4 Å². The Kier molecular flexibility index (Phi) is 6.07. The van der Waals surface area contributed by atoms with E-state index in [0.717, 1.165) is 42.9 Å². The number of aromatic nitrogens is 4. The van der Waals surface area contributed by atoms with E-state index >= 15 is 0 Å². The normalized spacial score (nSPS) is 17.2. The third-order valence-corrected chi connectivity index (χ3v) is 5.09. The number of rotatable bonds is 6. The third kappa shape index (κ3) is 4.75. The monoisotopic (exact) mass is 390 g/mol. The Morgan fingerprint density at radius 3 is 2.66 bits per heavy atom. The van der Waals surface area contributed by atoms with Crippen LogP contribution >= 0.6 is 0 Å². The molecule has 29 heavy (non-hydrogen) atoms. The maximum Gasteiger partial charge on any atom is 0.225 e. The van der Waals surface area contributed by atoms with E-state index in [0.29, 0.717) is 12.6 Å². The molecular weight excluding hydrogens is 364 g/mol. The van der Waals surface area contributed by atoms with Crippen LogP contribution < -0.4 is 4.90 Å². The average Bonchev–Trinajstić information content (AvgIpc) is 2.79. The molecule has 1 fully saturated rings. The Bertz CT molecular complexity index is 919. The van der Waals surface area contributed by atoms with Gasteiger partial charge < -0.3 is 9.64 Å². The zero-order chi connectivity index (χ0) is 20.1. The quantitative estimate of drug-likeness (QED) is 0.641. The third-order valence-electron chi connectivity index (χ3n) is 5.09. The summed E-state index contributed by atoms with van der Waals surface area (Å²) in [6, 6.07) is 10.6. The van der Waals surface area contributed by atoms with Crippen molar-refractivity contribution in [3.8, 4) is 11.1 Å². The van der Waals surface area contributed by atoms with Gasteiger partial charge in [0.2, 0.25) is 5.95 Å². The van der Waals surface area contributed by atoms with Crippen molar-refractivity contribution in [3.05, 3.63) is 66.5 Å². The van der Waals surface area contributed by atoms with Gasteiger partial charge >= 0.3 is 0 Å². The molecule has 1 aromatic carbocycles. The Labute approximate surface area is 171 Å². The van der Waals surface area contributed by atoms with Crippen LogP contribution in [-0.4, -0.2) is 65.2 Å². The summed E-state index contributed by atoms with van der Waals surface area (Å²) in [5, 5.41) is 0. The van der Waals surface area contributed by atoms with Gasteiger partial charge in [0.1, 0.15) is 12.4 Å². The number of hydrogen-bond acceptors (Lipinski definition) is 7. The number of nitrogens with zero attached hydrogens (tertiary/aromatic N) is 6. The molecule has 1 unspecified atom stereocenters. The van der Waals surface area contributed by atoms with Crippen LogP contribution in [0.25, 0.3) is 11.1 Å². The fourth-order valence-electron chi connectivity index (χ4n) is 3.51. The average molecular weight is 390 g/mol. The highest BCUT2D eigenvalue weighted by Crippen LogP contribution is 2.30. The Morgan fingerprint density at radius 1 is 1.10 bits per heavy atom. The van der Waals surface area contributed by atoms with Crippen molar-refractivity contribution in [1.82, 2.24) is 24.8 Å². The maximum absolute atomic E-state index is 6.15. The molecule has 1 aliphatic heterocycles. The second kappa shape index (κ2) is 9.07. The molecule has 0 bridgehead atoms. The molecule has 0 spiro atoms. The van der Waals surface area contributed by atoms with Crippen LogP contribution in [0.5, 0.6) is 0 Å². The highest BCUT2D eigenvalue weighted by molar-refractivity contribution is 5.64. The minimum absolute atomic E-state index is 0.114. The molecular formula is C22H26N6O. The first-order valence-electron chi connectivity index (χ1n) is 9.88. The molecule has 0 radical (unpaired) electrons. The van der Waals surface area contributed by atoms with Crippen molar-refractivity contribution in [1.29, 1.82) is 0 Å². The molecule has 3 aromatic rings. The van der Waals surface area contributed by atoms with E-state index in [-0.39, 0.29) is 6.10 Å². The summed E-state index contributed by atoms with van der Waals surface area (Å²) >= 11 is 0. The van der Waals surface area contributed by atoms with Crippen LogP contribution in [0.4, 0.5) is 5.95 Å². The standard InChI is InChI=1S/C22H26N6O/c1-27(2)22-25-14-19(18-12-23-16-24-13-18)21(26-22)20-15-28(10-11-29-20)9-8-17-6-4-3-5-7-17/h3-7,12-14,16,20H,8-11,15H2,1-2H3. The van der Waals surface area contributed by atoms with E-state index in [1.54, 1.807) is 12.4 Å². The summed E-state index contributed by atoms with van der Waals surface area (Å²) in [5.74, 6) is 0.672. The topological polar surface area (TPSA) is 67.3 Å². The summed E-state index contributed by atoms with van der Waals surface area (Å²) in [5.41, 5.74) is 4.07. The van der Waals surface area contributed by atoms with Crippen molar-refractivity contribution < 1.29 is 4.74 Å². The predicted molar refractivity (Wildman–Crippen MR) is 113 cm³/mol. The summed E-state index contributed by atoms with van der Waals surface area (Å²) < 4.78 is 6.15. The SMILES string of the molecule is CN(C)c1ncc(-c2cncnc2)c(C2CN(CCc3ccccc3)CCO2)n1. The van der Waals surface area contributed by atoms with Crippen molar-refractivity contribution in [2.45, 2.75) is 12.5 Å². The van der Waals surface area contributed by atoms with E-state index < -0.39 is 0 Å². The molecule has 150 valence electrons. The highest BCUT2D eigenvalue weighted by Gasteiger charge is 2.26. The highest BCUT2D eigenvalue weighted by atomic mass is 16.5. The van der Waals surface area contributed by atoms with Crippen LogP contribution in [0.1, 0.15) is 17.4 Å². The minimum Gasteiger partial charge on any atom is -0.369 e. The van der Waals surface area contributed by atoms with Crippen molar-refractivity contribution >= 4 is 5.95 Å². The second-order valence-electron chi connectivity index (χ2n) is 7.39. The van der Waals surface area contributed by atoms with Crippen molar-refractivity contribution in [2.75, 3.05) is 45.2 Å². The summed E-state index contributed by atoms with van der Waals surface area (Å²) in [6.07, 6.45) is 7.88. The molecule has 0 amide bonds. The summed E-state index contributed by atoms with van der Waals surface area (Å²) in [4.78, 5) is 22.0. The maximum atomic E-state index is 6.15. The van der Waals surface area contributed by atoms with E-state index in [9.17, 15) is 0 Å². The van der Waals surface area contributed by atoms with Crippen LogP contribution in [0, 0.1) is 0 Å². The van der Waals surface area contributed by atoms with Crippen molar-refractivity contribution in [2.24, 2.45) is 0 Å². The number of hydrogen-bond donors (Lipinski definition) is 0. The Morgan fingerprint density at radius 2 is 1.90 bits per heavy atom. The number of benzene rings is 1. The number of morpholine rings is 1. The molecule has 1 atom stereocenters. The fraction of sp³-hybridized carbons (Fsp3) is 0.364. The number of ether oxygens (including phenoxy) is 1. The fourth-order valence-corrected chi connectivity index (χ4v) is 3.51. The Hall–Kier alpha value is -2.90. The molecule has 1 saturated heterocycles. The van der Waals surface area contributed by atoms with Crippen LogP contribution in [0.2, 0.25) is 0 Å². The molecule has 0 aliphatic carbocycles. The van der Waals surface area contributed by atoms with E-state index in [2.05, 4.69) is 50.2 Å². The molecule has 7 nitrogen and oxygen atoms in total. The zero-order valence-electron chi connectivity index (χ0n) is 16.9. The predicted octanol–water partition coefficient (Wildman–Crippen LogP) is 2.62. The molecule has 0 saturated carbocycles. The summed E-state index contributed by atoms with van der Waals surface area (Å²) in [7, 11) is 3.89. The van der Waals surface area contributed by atoms with Gasteiger partial charge in [-0.1, -0.05) is 30.3 Å². The van der Waals surface area contributed by atoms with Gasteiger partial charge in [0.25, 0.3) is 0 Å². The largest absolute Gasteiger partial charge is 0.369 e. The van der Waals surface area contributed by atoms with Gasteiger partial charge in [0.05, 0.1) is 12.3 Å². The smallest absolute Gasteiger partial charge is 0.225 e. The lowest BCUT2D eigenvalue weighted by atomic mass is 10.0. The first kappa shape index (κ1) is 19.4. The van der Waals surface area contributed by atoms with Crippen molar-refractivity contribution in [3.63, 3.8) is 0 Å².